The van der Waals surface area contributed by atoms with Crippen LogP contribution < -0.4 is 4.74 Å². The van der Waals surface area contributed by atoms with E-state index in [1.54, 1.807) is 0 Å². The summed E-state index contributed by atoms with van der Waals surface area (Å²) in [5.41, 5.74) is 0. The minimum absolute atomic E-state index is 0.0175. The number of aldehydes is 1. The van der Waals surface area contributed by atoms with Gasteiger partial charge in [-0.05, 0) is 37.1 Å². The number of sulfonamides is 1. The number of aliphatic carboxylic acids is 1. The molecule has 1 saturated heterocycles. The maximum absolute atomic E-state index is 12.8. The van der Waals surface area contributed by atoms with Crippen LogP contribution in [0.4, 0.5) is 0 Å². The lowest BCUT2D eigenvalue weighted by atomic mass is 9.97. The molecule has 0 spiro atoms. The first-order chi connectivity index (χ1) is 10.9. The Morgan fingerprint density at radius 2 is 1.96 bits per heavy atom. The van der Waals surface area contributed by atoms with E-state index in [1.807, 2.05) is 0 Å². The number of carboxylic acids is 1. The molecule has 1 aromatic rings. The lowest BCUT2D eigenvalue weighted by Gasteiger charge is -2.28. The van der Waals surface area contributed by atoms with Gasteiger partial charge in [-0.3, -0.25) is 4.79 Å². The lowest BCUT2D eigenvalue weighted by Crippen LogP contribution is -2.48. The van der Waals surface area contributed by atoms with Crippen LogP contribution >= 0.6 is 0 Å². The number of benzene rings is 1. The topological polar surface area (TPSA) is 101 Å². The van der Waals surface area contributed by atoms with Crippen LogP contribution in [-0.4, -0.2) is 49.8 Å². The van der Waals surface area contributed by atoms with E-state index in [0.717, 1.165) is 4.31 Å². The molecular formula is C15H19NO6S. The highest BCUT2D eigenvalue weighted by Gasteiger charge is 2.42. The zero-order valence-electron chi connectivity index (χ0n) is 12.7. The monoisotopic (exact) mass is 341 g/mol. The molecule has 0 amide bonds. The fraction of sp³-hybridized carbons (Fsp3) is 0.467. The summed E-state index contributed by atoms with van der Waals surface area (Å²) >= 11 is 0. The second-order valence-corrected chi connectivity index (χ2v) is 7.26. The maximum atomic E-state index is 12.8. The van der Waals surface area contributed by atoms with Gasteiger partial charge >= 0.3 is 5.97 Å². The Morgan fingerprint density at radius 3 is 2.48 bits per heavy atom. The molecule has 1 aliphatic heterocycles. The Kier molecular flexibility index (Phi) is 5.38. The number of ether oxygens (including phenoxy) is 1. The highest BCUT2D eigenvalue weighted by molar-refractivity contribution is 7.89. The molecule has 8 heteroatoms. The van der Waals surface area contributed by atoms with Crippen LogP contribution in [-0.2, 0) is 19.6 Å². The van der Waals surface area contributed by atoms with Crippen molar-refractivity contribution in [3.63, 3.8) is 0 Å². The zero-order valence-corrected chi connectivity index (χ0v) is 13.5. The van der Waals surface area contributed by atoms with E-state index in [-0.39, 0.29) is 11.4 Å². The number of carboxylic acid groups (broad SMARTS) is 1. The quantitative estimate of drug-likeness (QED) is 0.806. The molecule has 1 N–H and O–H groups in total. The minimum Gasteiger partial charge on any atom is -0.497 e. The van der Waals surface area contributed by atoms with Crippen molar-refractivity contribution >= 4 is 22.3 Å². The first kappa shape index (κ1) is 17.4. The summed E-state index contributed by atoms with van der Waals surface area (Å²) in [7, 11) is -2.54. The number of hydrogen-bond acceptors (Lipinski definition) is 5. The second kappa shape index (κ2) is 7.10. The molecule has 1 fully saturated rings. The summed E-state index contributed by atoms with van der Waals surface area (Å²) in [6, 6.07) is 4.36. The molecule has 23 heavy (non-hydrogen) atoms. The van der Waals surface area contributed by atoms with Gasteiger partial charge in [0.15, 0.2) is 0 Å². The zero-order chi connectivity index (χ0) is 17.0. The predicted molar refractivity (Wildman–Crippen MR) is 81.7 cm³/mol. The van der Waals surface area contributed by atoms with Crippen molar-refractivity contribution in [2.75, 3.05) is 13.7 Å². The van der Waals surface area contributed by atoms with Crippen LogP contribution in [0.15, 0.2) is 29.2 Å². The summed E-state index contributed by atoms with van der Waals surface area (Å²) in [6.07, 6.45) is 2.04. The van der Waals surface area contributed by atoms with Crippen LogP contribution in [0, 0.1) is 5.92 Å². The molecule has 126 valence electrons. The van der Waals surface area contributed by atoms with Crippen LogP contribution in [0.2, 0.25) is 0 Å². The normalized spacial score (nSPS) is 23.0. The molecule has 0 aliphatic carbocycles. The smallest absolute Gasteiger partial charge is 0.322 e. The molecule has 1 aromatic carbocycles. The Labute approximate surface area is 134 Å². The summed E-state index contributed by atoms with van der Waals surface area (Å²) in [5, 5.41) is 9.44. The number of carbonyl (C=O) groups is 2. The third-order valence-electron chi connectivity index (χ3n) is 3.98. The van der Waals surface area contributed by atoms with Crippen molar-refractivity contribution in [1.82, 2.24) is 4.31 Å². The summed E-state index contributed by atoms with van der Waals surface area (Å²) in [5.74, 6) is -1.65. The van der Waals surface area contributed by atoms with Crippen LogP contribution in [0.25, 0.3) is 0 Å². The standard InChI is InChI=1S/C15H19NO6S/c1-22-12-5-7-13(8-6-12)23(20,21)16-9-3-2-4-11(10-17)14(16)15(18)19/h5-8,10-11,14H,2-4,9H2,1H3,(H,18,19). The number of rotatable bonds is 5. The van der Waals surface area contributed by atoms with Crippen molar-refractivity contribution in [3.05, 3.63) is 24.3 Å². The third-order valence-corrected chi connectivity index (χ3v) is 5.87. The molecular weight excluding hydrogens is 322 g/mol. The molecule has 2 unspecified atom stereocenters. The second-order valence-electron chi connectivity index (χ2n) is 5.37. The predicted octanol–water partition coefficient (Wildman–Crippen LogP) is 1.14. The molecule has 7 nitrogen and oxygen atoms in total. The van der Waals surface area contributed by atoms with Gasteiger partial charge in [-0.15, -0.1) is 0 Å². The van der Waals surface area contributed by atoms with Crippen LogP contribution in [0.5, 0.6) is 5.75 Å². The summed E-state index contributed by atoms with van der Waals surface area (Å²) in [6.45, 7) is 0.0790. The number of methoxy groups -OCH3 is 1. The van der Waals surface area contributed by atoms with Crippen molar-refractivity contribution in [2.45, 2.75) is 30.2 Å². The molecule has 2 atom stereocenters. The Balaban J connectivity index is 2.44. The van der Waals surface area contributed by atoms with Gasteiger partial charge in [0, 0.05) is 12.5 Å². The van der Waals surface area contributed by atoms with Crippen LogP contribution in [0.3, 0.4) is 0 Å². The first-order valence-electron chi connectivity index (χ1n) is 7.26. The average molecular weight is 341 g/mol. The number of hydrogen-bond donors (Lipinski definition) is 1. The average Bonchev–Trinajstić information content (AvgIpc) is 2.77. The molecule has 2 rings (SSSR count). The largest absolute Gasteiger partial charge is 0.497 e. The van der Waals surface area contributed by atoms with Crippen molar-refractivity contribution in [3.8, 4) is 5.75 Å². The van der Waals surface area contributed by atoms with E-state index in [2.05, 4.69) is 0 Å². The Hall–Kier alpha value is -1.93. The highest BCUT2D eigenvalue weighted by Crippen LogP contribution is 2.28. The summed E-state index contributed by atoms with van der Waals surface area (Å²) in [4.78, 5) is 22.8. The highest BCUT2D eigenvalue weighted by atomic mass is 32.2. The van der Waals surface area contributed by atoms with Gasteiger partial charge < -0.3 is 14.6 Å². The van der Waals surface area contributed by atoms with E-state index < -0.39 is 28.0 Å². The molecule has 0 saturated carbocycles. The van der Waals surface area contributed by atoms with Gasteiger partial charge in [0.1, 0.15) is 18.1 Å². The van der Waals surface area contributed by atoms with E-state index >= 15 is 0 Å². The number of carbonyl (C=O) groups excluding carboxylic acids is 1. The lowest BCUT2D eigenvalue weighted by molar-refractivity contribution is -0.144. The SMILES string of the molecule is COc1ccc(S(=O)(=O)N2CCCCC(C=O)C2C(=O)O)cc1. The van der Waals surface area contributed by atoms with E-state index in [1.165, 1.54) is 31.4 Å². The summed E-state index contributed by atoms with van der Waals surface area (Å²) < 4.78 is 31.6. The van der Waals surface area contributed by atoms with Gasteiger partial charge in [0.2, 0.25) is 10.0 Å². The van der Waals surface area contributed by atoms with Gasteiger partial charge in [0.25, 0.3) is 0 Å². The molecule has 0 radical (unpaired) electrons. The van der Waals surface area contributed by atoms with E-state index in [9.17, 15) is 23.1 Å². The van der Waals surface area contributed by atoms with Crippen LogP contribution in [0.1, 0.15) is 19.3 Å². The molecule has 1 heterocycles. The number of nitrogens with zero attached hydrogens (tertiary/aromatic N) is 1. The maximum Gasteiger partial charge on any atom is 0.322 e. The molecule has 0 bridgehead atoms. The Morgan fingerprint density at radius 1 is 1.30 bits per heavy atom. The first-order valence-corrected chi connectivity index (χ1v) is 8.70. The minimum atomic E-state index is -4.01. The van der Waals surface area contributed by atoms with Gasteiger partial charge in [-0.2, -0.15) is 4.31 Å². The van der Waals surface area contributed by atoms with Crippen molar-refractivity contribution in [1.29, 1.82) is 0 Å². The van der Waals surface area contributed by atoms with Crippen molar-refractivity contribution < 1.29 is 27.9 Å². The molecule has 0 aromatic heterocycles. The fourth-order valence-electron chi connectivity index (χ4n) is 2.76. The van der Waals surface area contributed by atoms with Crippen molar-refractivity contribution in [2.24, 2.45) is 5.92 Å². The molecule has 1 aliphatic rings. The fourth-order valence-corrected chi connectivity index (χ4v) is 4.43. The van der Waals surface area contributed by atoms with E-state index in [4.69, 9.17) is 4.74 Å². The van der Waals surface area contributed by atoms with E-state index in [0.29, 0.717) is 31.3 Å². The van der Waals surface area contributed by atoms with Gasteiger partial charge in [0.05, 0.1) is 12.0 Å². The van der Waals surface area contributed by atoms with Gasteiger partial charge in [-0.25, -0.2) is 8.42 Å². The Bertz CT molecular complexity index is 670. The van der Waals surface area contributed by atoms with Gasteiger partial charge in [-0.1, -0.05) is 6.42 Å². The third kappa shape index (κ3) is 3.53.